The van der Waals surface area contributed by atoms with Gasteiger partial charge in [0.05, 0.1) is 16.3 Å². The van der Waals surface area contributed by atoms with Crippen LogP contribution < -0.4 is 18.9 Å². The molecule has 1 N–H and O–H groups in total. The molecular formula is C28H23IN4O5S. The number of carbonyl (C=O) groups is 1. The molecule has 2 heterocycles. The zero-order chi connectivity index (χ0) is 27.2. The number of amidine groups is 2. The third kappa shape index (κ3) is 6.42. The fraction of sp³-hybridized carbons (Fsp3) is 0.143. The standard InChI is InChI=1S/C28H23IN4O5S/c1-35-23-16-18(15-22(29)25(23)37-13-12-36-19-8-4-2-5-9-19)14-21-26(30)33-28(31-27(21)34)39-24(32-33)17-38-20-10-6-3-7-11-20/h2-11,14-16,30H,12-13,17H2,1H3/b21-14-,30-26?. The molecule has 0 atom stereocenters. The number of halogens is 1. The Morgan fingerprint density at radius 3 is 2.33 bits per heavy atom. The Labute approximate surface area is 243 Å². The predicted octanol–water partition coefficient (Wildman–Crippen LogP) is 5.46. The monoisotopic (exact) mass is 654 g/mol. The zero-order valence-corrected chi connectivity index (χ0v) is 23.8. The summed E-state index contributed by atoms with van der Waals surface area (Å²) in [5.74, 6) is 1.99. The van der Waals surface area contributed by atoms with Crippen LogP contribution in [0.3, 0.4) is 0 Å². The molecule has 0 saturated heterocycles. The molecule has 9 nitrogen and oxygen atoms in total. The van der Waals surface area contributed by atoms with E-state index in [1.165, 1.54) is 16.8 Å². The minimum atomic E-state index is -0.508. The number of rotatable bonds is 10. The predicted molar refractivity (Wildman–Crippen MR) is 160 cm³/mol. The van der Waals surface area contributed by atoms with E-state index in [0.717, 1.165) is 9.32 Å². The molecule has 0 spiro atoms. The highest BCUT2D eigenvalue weighted by molar-refractivity contribution is 14.1. The van der Waals surface area contributed by atoms with Crippen LogP contribution in [0.1, 0.15) is 5.56 Å². The van der Waals surface area contributed by atoms with Crippen molar-refractivity contribution in [2.45, 2.75) is 0 Å². The zero-order valence-electron chi connectivity index (χ0n) is 20.8. The Bertz CT molecular complexity index is 1480. The van der Waals surface area contributed by atoms with Gasteiger partial charge in [0.2, 0.25) is 5.17 Å². The molecule has 11 heteroatoms. The van der Waals surface area contributed by atoms with Gasteiger partial charge in [-0.05, 0) is 82.4 Å². The molecule has 2 aliphatic rings. The van der Waals surface area contributed by atoms with Crippen molar-refractivity contribution in [2.75, 3.05) is 26.9 Å². The van der Waals surface area contributed by atoms with E-state index in [4.69, 9.17) is 24.4 Å². The highest BCUT2D eigenvalue weighted by atomic mass is 127. The lowest BCUT2D eigenvalue weighted by Crippen LogP contribution is -2.35. The summed E-state index contributed by atoms with van der Waals surface area (Å²) in [5, 5.41) is 15.4. The van der Waals surface area contributed by atoms with E-state index in [1.807, 2.05) is 66.7 Å². The minimum Gasteiger partial charge on any atom is -0.493 e. The van der Waals surface area contributed by atoms with Crippen LogP contribution in [-0.4, -0.2) is 53.9 Å². The van der Waals surface area contributed by atoms with Crippen LogP contribution in [0.4, 0.5) is 0 Å². The second-order valence-corrected chi connectivity index (χ2v) is 10.4. The normalized spacial score (nSPS) is 15.5. The fourth-order valence-corrected chi connectivity index (χ4v) is 5.28. The maximum atomic E-state index is 12.8. The molecular weight excluding hydrogens is 631 g/mol. The molecule has 198 valence electrons. The summed E-state index contributed by atoms with van der Waals surface area (Å²) in [6, 6.07) is 22.5. The van der Waals surface area contributed by atoms with Gasteiger partial charge in [-0.3, -0.25) is 10.2 Å². The molecule has 0 bridgehead atoms. The Kier molecular flexibility index (Phi) is 8.47. The number of thioether (sulfide) groups is 1. The lowest BCUT2D eigenvalue weighted by molar-refractivity contribution is -0.114. The van der Waals surface area contributed by atoms with E-state index >= 15 is 0 Å². The topological polar surface area (TPSA) is 106 Å². The van der Waals surface area contributed by atoms with Gasteiger partial charge in [-0.15, -0.1) is 0 Å². The van der Waals surface area contributed by atoms with Crippen molar-refractivity contribution in [3.8, 4) is 23.0 Å². The Morgan fingerprint density at radius 1 is 0.974 bits per heavy atom. The third-order valence-electron chi connectivity index (χ3n) is 5.51. The van der Waals surface area contributed by atoms with Crippen LogP contribution in [0.2, 0.25) is 0 Å². The van der Waals surface area contributed by atoms with Crippen LogP contribution in [0.15, 0.2) is 88.5 Å². The molecule has 0 unspecified atom stereocenters. The summed E-state index contributed by atoms with van der Waals surface area (Å²) < 4.78 is 23.7. The Morgan fingerprint density at radius 2 is 1.64 bits per heavy atom. The molecule has 0 saturated carbocycles. The number of methoxy groups -OCH3 is 1. The summed E-state index contributed by atoms with van der Waals surface area (Å²) in [7, 11) is 1.55. The number of amides is 1. The minimum absolute atomic E-state index is 0.0560. The summed E-state index contributed by atoms with van der Waals surface area (Å²) in [6.07, 6.45) is 1.61. The molecule has 0 fully saturated rings. The molecule has 0 radical (unpaired) electrons. The number of carbonyl (C=O) groups excluding carboxylic acids is 1. The van der Waals surface area contributed by atoms with Gasteiger partial charge in [0.1, 0.15) is 36.4 Å². The number of nitrogens with zero attached hydrogens (tertiary/aromatic N) is 3. The Hall–Kier alpha value is -3.84. The Balaban J connectivity index is 1.27. The molecule has 3 aromatic rings. The second-order valence-electron chi connectivity index (χ2n) is 8.16. The van der Waals surface area contributed by atoms with Crippen molar-refractivity contribution in [3.63, 3.8) is 0 Å². The maximum Gasteiger partial charge on any atom is 0.283 e. The first kappa shape index (κ1) is 26.8. The van der Waals surface area contributed by atoms with Crippen LogP contribution >= 0.6 is 34.4 Å². The molecule has 39 heavy (non-hydrogen) atoms. The van der Waals surface area contributed by atoms with E-state index in [2.05, 4.69) is 32.7 Å². The molecule has 0 aromatic heterocycles. The molecule has 2 aliphatic heterocycles. The van der Waals surface area contributed by atoms with Gasteiger partial charge in [-0.2, -0.15) is 15.1 Å². The second kappa shape index (κ2) is 12.3. The lowest BCUT2D eigenvalue weighted by Gasteiger charge is -2.20. The average molecular weight is 654 g/mol. The van der Waals surface area contributed by atoms with Crippen molar-refractivity contribution in [3.05, 3.63) is 87.5 Å². The summed E-state index contributed by atoms with van der Waals surface area (Å²) >= 11 is 3.37. The number of benzene rings is 3. The van der Waals surface area contributed by atoms with Crippen LogP contribution in [-0.2, 0) is 4.79 Å². The fourth-order valence-electron chi connectivity index (χ4n) is 3.70. The number of hydrogen-bond acceptors (Lipinski definition) is 8. The van der Waals surface area contributed by atoms with Crippen LogP contribution in [0, 0.1) is 8.98 Å². The van der Waals surface area contributed by atoms with Crippen molar-refractivity contribution < 1.29 is 23.7 Å². The summed E-state index contributed by atoms with van der Waals surface area (Å²) in [6.45, 7) is 0.898. The van der Waals surface area contributed by atoms with Crippen molar-refractivity contribution in [1.29, 1.82) is 5.41 Å². The van der Waals surface area contributed by atoms with Crippen LogP contribution in [0.5, 0.6) is 23.0 Å². The number of fused-ring (bicyclic) bond motifs is 1. The number of para-hydroxylation sites is 2. The smallest absolute Gasteiger partial charge is 0.283 e. The summed E-state index contributed by atoms with van der Waals surface area (Å²) in [4.78, 5) is 17.0. The highest BCUT2D eigenvalue weighted by Crippen LogP contribution is 2.35. The van der Waals surface area contributed by atoms with E-state index in [-0.39, 0.29) is 18.0 Å². The van der Waals surface area contributed by atoms with Gasteiger partial charge >= 0.3 is 0 Å². The largest absolute Gasteiger partial charge is 0.493 e. The van der Waals surface area contributed by atoms with Crippen molar-refractivity contribution >= 4 is 62.4 Å². The highest BCUT2D eigenvalue weighted by Gasteiger charge is 2.35. The molecule has 5 rings (SSSR count). The number of hydrogen-bond donors (Lipinski definition) is 1. The molecule has 1 amide bonds. The molecule has 0 aliphatic carbocycles. The van der Waals surface area contributed by atoms with Gasteiger partial charge in [0.15, 0.2) is 17.3 Å². The first-order valence-corrected chi connectivity index (χ1v) is 13.8. The van der Waals surface area contributed by atoms with Gasteiger partial charge in [-0.1, -0.05) is 36.4 Å². The first-order valence-electron chi connectivity index (χ1n) is 11.9. The van der Waals surface area contributed by atoms with Gasteiger partial charge in [0.25, 0.3) is 5.91 Å². The number of hydrazone groups is 1. The first-order chi connectivity index (χ1) is 19.0. The average Bonchev–Trinajstić information content (AvgIpc) is 3.37. The quantitative estimate of drug-likeness (QED) is 0.176. The number of aliphatic imine (C=N–C) groups is 1. The van der Waals surface area contributed by atoms with Crippen molar-refractivity contribution in [1.82, 2.24) is 5.01 Å². The number of nitrogens with one attached hydrogen (secondary N) is 1. The number of ether oxygens (including phenoxy) is 4. The van der Waals surface area contributed by atoms with Gasteiger partial charge < -0.3 is 18.9 Å². The lowest BCUT2D eigenvalue weighted by atomic mass is 10.1. The van der Waals surface area contributed by atoms with E-state index in [1.54, 1.807) is 19.3 Å². The van der Waals surface area contributed by atoms with Crippen molar-refractivity contribution in [2.24, 2.45) is 10.1 Å². The maximum absolute atomic E-state index is 12.8. The van der Waals surface area contributed by atoms with Gasteiger partial charge in [0, 0.05) is 0 Å². The summed E-state index contributed by atoms with van der Waals surface area (Å²) in [5.41, 5.74) is 0.787. The molecule has 3 aromatic carbocycles. The van der Waals surface area contributed by atoms with Crippen LogP contribution in [0.25, 0.3) is 6.08 Å². The van der Waals surface area contributed by atoms with E-state index < -0.39 is 5.91 Å². The van der Waals surface area contributed by atoms with E-state index in [0.29, 0.717) is 46.2 Å². The third-order valence-corrected chi connectivity index (χ3v) is 7.19. The van der Waals surface area contributed by atoms with E-state index in [9.17, 15) is 4.79 Å². The van der Waals surface area contributed by atoms with Gasteiger partial charge in [-0.25, -0.2) is 0 Å². The SMILES string of the molecule is COc1cc(/C=C2/C(=N)N3N=C(COc4ccccc4)SC3=NC2=O)cc(I)c1OCCOc1ccccc1.